The third-order valence-corrected chi connectivity index (χ3v) is 3.57. The molecule has 0 bridgehead atoms. The Hall–Kier alpha value is -0.0800. The first-order valence-corrected chi connectivity index (χ1v) is 5.14. The van der Waals surface area contributed by atoms with Crippen molar-refractivity contribution >= 4 is 0 Å². The van der Waals surface area contributed by atoms with Gasteiger partial charge in [-0.15, -0.1) is 0 Å². The van der Waals surface area contributed by atoms with Crippen LogP contribution in [0.2, 0.25) is 0 Å². The minimum atomic E-state index is 0.544. The predicted octanol–water partition coefficient (Wildman–Crippen LogP) is 1.40. The van der Waals surface area contributed by atoms with Gasteiger partial charge in [0.25, 0.3) is 0 Å². The van der Waals surface area contributed by atoms with E-state index in [4.69, 9.17) is 10.5 Å². The first kappa shape index (κ1) is 8.52. The van der Waals surface area contributed by atoms with Crippen molar-refractivity contribution in [3.8, 4) is 0 Å². The molecule has 4 atom stereocenters. The second-order valence-electron chi connectivity index (χ2n) is 4.35. The molecule has 2 aliphatic rings. The monoisotopic (exact) mass is 169 g/mol. The summed E-state index contributed by atoms with van der Waals surface area (Å²) in [6.45, 7) is 4.12. The zero-order chi connectivity index (χ0) is 8.55. The molecule has 1 aliphatic heterocycles. The molecule has 0 aromatic carbocycles. The summed E-state index contributed by atoms with van der Waals surface area (Å²) in [4.78, 5) is 0. The Balaban J connectivity index is 2.07. The molecular weight excluding hydrogens is 150 g/mol. The van der Waals surface area contributed by atoms with Crippen LogP contribution in [0.15, 0.2) is 0 Å². The minimum Gasteiger partial charge on any atom is -0.378 e. The van der Waals surface area contributed by atoms with E-state index in [0.29, 0.717) is 6.10 Å². The van der Waals surface area contributed by atoms with Gasteiger partial charge in [-0.2, -0.15) is 0 Å². The molecule has 0 amide bonds. The highest BCUT2D eigenvalue weighted by Crippen LogP contribution is 2.41. The lowest BCUT2D eigenvalue weighted by atomic mass is 9.73. The van der Waals surface area contributed by atoms with E-state index in [-0.39, 0.29) is 0 Å². The number of nitrogens with two attached hydrogens (primary N) is 1. The summed E-state index contributed by atoms with van der Waals surface area (Å²) in [6.07, 6.45) is 4.45. The Labute approximate surface area is 74.5 Å². The van der Waals surface area contributed by atoms with E-state index in [9.17, 15) is 0 Å². The van der Waals surface area contributed by atoms with Crippen LogP contribution in [0.5, 0.6) is 0 Å². The fourth-order valence-corrected chi connectivity index (χ4v) is 2.96. The average molecular weight is 169 g/mol. The molecule has 0 radical (unpaired) electrons. The number of rotatable bonds is 1. The van der Waals surface area contributed by atoms with Crippen molar-refractivity contribution in [3.05, 3.63) is 0 Å². The Morgan fingerprint density at radius 2 is 2.25 bits per heavy atom. The van der Waals surface area contributed by atoms with Crippen molar-refractivity contribution in [3.63, 3.8) is 0 Å². The molecule has 2 nitrogen and oxygen atoms in total. The Morgan fingerprint density at radius 3 is 3.00 bits per heavy atom. The number of hydrogen-bond donors (Lipinski definition) is 1. The fourth-order valence-electron chi connectivity index (χ4n) is 2.96. The molecule has 1 saturated carbocycles. The molecule has 70 valence electrons. The first-order valence-electron chi connectivity index (χ1n) is 5.14. The summed E-state index contributed by atoms with van der Waals surface area (Å²) < 4.78 is 5.75. The van der Waals surface area contributed by atoms with E-state index in [2.05, 4.69) is 6.92 Å². The molecule has 0 spiro atoms. The van der Waals surface area contributed by atoms with Crippen LogP contribution in [0.1, 0.15) is 26.2 Å². The van der Waals surface area contributed by atoms with Crippen LogP contribution in [-0.2, 0) is 4.74 Å². The highest BCUT2D eigenvalue weighted by atomic mass is 16.5. The predicted molar refractivity (Wildman–Crippen MR) is 48.8 cm³/mol. The normalized spacial score (nSPS) is 47.5. The van der Waals surface area contributed by atoms with Crippen LogP contribution < -0.4 is 5.73 Å². The summed E-state index contributed by atoms with van der Waals surface area (Å²) in [6, 6.07) is 0. The van der Waals surface area contributed by atoms with Gasteiger partial charge in [-0.3, -0.25) is 0 Å². The van der Waals surface area contributed by atoms with Crippen molar-refractivity contribution in [2.75, 3.05) is 13.2 Å². The van der Waals surface area contributed by atoms with Gasteiger partial charge in [0.05, 0.1) is 6.10 Å². The molecule has 2 heteroatoms. The van der Waals surface area contributed by atoms with Crippen LogP contribution in [0.4, 0.5) is 0 Å². The van der Waals surface area contributed by atoms with Gasteiger partial charge in [0.15, 0.2) is 0 Å². The van der Waals surface area contributed by atoms with E-state index in [1.54, 1.807) is 0 Å². The second-order valence-corrected chi connectivity index (χ2v) is 4.35. The van der Waals surface area contributed by atoms with E-state index in [1.165, 1.54) is 19.3 Å². The fraction of sp³-hybridized carbons (Fsp3) is 1.00. The molecule has 1 aliphatic carbocycles. The third-order valence-electron chi connectivity index (χ3n) is 3.57. The SMILES string of the molecule is C[C@H]1CO[C@@H]2CCC[C@@H](CN)[C@@H]12. The second kappa shape index (κ2) is 3.35. The maximum atomic E-state index is 5.77. The average Bonchev–Trinajstić information content (AvgIpc) is 2.48. The summed E-state index contributed by atoms with van der Waals surface area (Å²) in [5.74, 6) is 2.24. The molecule has 0 aromatic rings. The summed E-state index contributed by atoms with van der Waals surface area (Å²) in [5.41, 5.74) is 5.77. The van der Waals surface area contributed by atoms with Crippen molar-refractivity contribution < 1.29 is 4.74 Å². The highest BCUT2D eigenvalue weighted by molar-refractivity contribution is 4.90. The van der Waals surface area contributed by atoms with Crippen LogP contribution in [-0.4, -0.2) is 19.3 Å². The van der Waals surface area contributed by atoms with Crippen LogP contribution in [0.25, 0.3) is 0 Å². The third kappa shape index (κ3) is 1.27. The Morgan fingerprint density at radius 1 is 1.42 bits per heavy atom. The Kier molecular flexibility index (Phi) is 2.37. The summed E-state index contributed by atoms with van der Waals surface area (Å²) in [5, 5.41) is 0. The van der Waals surface area contributed by atoms with E-state index in [0.717, 1.165) is 30.9 Å². The standard InChI is InChI=1S/C10H19NO/c1-7-6-12-9-4-2-3-8(5-11)10(7)9/h7-10H,2-6,11H2,1H3/t7-,8-,9+,10+/m0/s1. The topological polar surface area (TPSA) is 35.2 Å². The molecule has 2 fully saturated rings. The van der Waals surface area contributed by atoms with Crippen molar-refractivity contribution in [1.82, 2.24) is 0 Å². The number of hydrogen-bond acceptors (Lipinski definition) is 2. The van der Waals surface area contributed by atoms with Crippen molar-refractivity contribution in [1.29, 1.82) is 0 Å². The van der Waals surface area contributed by atoms with Crippen LogP contribution in [0.3, 0.4) is 0 Å². The van der Waals surface area contributed by atoms with Gasteiger partial charge in [-0.1, -0.05) is 13.3 Å². The summed E-state index contributed by atoms with van der Waals surface area (Å²) >= 11 is 0. The molecule has 0 unspecified atom stereocenters. The van der Waals surface area contributed by atoms with E-state index >= 15 is 0 Å². The van der Waals surface area contributed by atoms with Gasteiger partial charge >= 0.3 is 0 Å². The molecule has 0 aromatic heterocycles. The van der Waals surface area contributed by atoms with Gasteiger partial charge in [-0.05, 0) is 37.1 Å². The number of ether oxygens (including phenoxy) is 1. The maximum Gasteiger partial charge on any atom is 0.0609 e. The number of fused-ring (bicyclic) bond motifs is 1. The zero-order valence-corrected chi connectivity index (χ0v) is 7.83. The van der Waals surface area contributed by atoms with Crippen LogP contribution >= 0.6 is 0 Å². The summed E-state index contributed by atoms with van der Waals surface area (Å²) in [7, 11) is 0. The van der Waals surface area contributed by atoms with Crippen molar-refractivity contribution in [2.45, 2.75) is 32.3 Å². The molecule has 2 rings (SSSR count). The minimum absolute atomic E-state index is 0.544. The molecule has 12 heavy (non-hydrogen) atoms. The highest BCUT2D eigenvalue weighted by Gasteiger charge is 2.41. The first-order chi connectivity index (χ1) is 5.83. The maximum absolute atomic E-state index is 5.77. The molecule has 1 heterocycles. The van der Waals surface area contributed by atoms with E-state index in [1.807, 2.05) is 0 Å². The van der Waals surface area contributed by atoms with Gasteiger partial charge in [0, 0.05) is 6.61 Å². The zero-order valence-electron chi connectivity index (χ0n) is 7.83. The molecular formula is C10H19NO. The van der Waals surface area contributed by atoms with Crippen LogP contribution in [0, 0.1) is 17.8 Å². The van der Waals surface area contributed by atoms with Gasteiger partial charge < -0.3 is 10.5 Å². The van der Waals surface area contributed by atoms with Gasteiger partial charge in [0.1, 0.15) is 0 Å². The molecule has 2 N–H and O–H groups in total. The lowest BCUT2D eigenvalue weighted by molar-refractivity contribution is 0.0451. The lowest BCUT2D eigenvalue weighted by Crippen LogP contribution is -2.36. The van der Waals surface area contributed by atoms with E-state index < -0.39 is 0 Å². The quantitative estimate of drug-likeness (QED) is 0.644. The smallest absolute Gasteiger partial charge is 0.0609 e. The van der Waals surface area contributed by atoms with Gasteiger partial charge in [0.2, 0.25) is 0 Å². The Bertz CT molecular complexity index is 158. The lowest BCUT2D eigenvalue weighted by Gasteiger charge is -2.33. The van der Waals surface area contributed by atoms with Gasteiger partial charge in [-0.25, -0.2) is 0 Å². The van der Waals surface area contributed by atoms with Crippen molar-refractivity contribution in [2.24, 2.45) is 23.5 Å². The molecule has 1 saturated heterocycles. The largest absolute Gasteiger partial charge is 0.378 e.